The van der Waals surface area contributed by atoms with Crippen LogP contribution in [0.4, 0.5) is 0 Å². The SMILES string of the molecule is C=CCc1ccccc1OCCOc1ccccc1/C=N\n1cnnc1. The van der Waals surface area contributed by atoms with Crippen LogP contribution in [0.15, 0.2) is 78.9 Å². The molecule has 3 aromatic rings. The van der Waals surface area contributed by atoms with Crippen molar-refractivity contribution in [3.63, 3.8) is 0 Å². The highest BCUT2D eigenvalue weighted by Gasteiger charge is 2.03. The van der Waals surface area contributed by atoms with Crippen LogP contribution in [-0.2, 0) is 6.42 Å². The minimum absolute atomic E-state index is 0.430. The van der Waals surface area contributed by atoms with Crippen molar-refractivity contribution in [2.45, 2.75) is 6.42 Å². The Balaban J connectivity index is 1.56. The van der Waals surface area contributed by atoms with Crippen LogP contribution in [0.5, 0.6) is 11.5 Å². The monoisotopic (exact) mass is 348 g/mol. The molecule has 0 amide bonds. The third kappa shape index (κ3) is 4.80. The van der Waals surface area contributed by atoms with Gasteiger partial charge in [0.2, 0.25) is 0 Å². The van der Waals surface area contributed by atoms with Gasteiger partial charge in [-0.1, -0.05) is 36.4 Å². The van der Waals surface area contributed by atoms with Crippen molar-refractivity contribution in [3.8, 4) is 11.5 Å². The molecule has 0 unspecified atom stereocenters. The van der Waals surface area contributed by atoms with Crippen molar-refractivity contribution in [3.05, 3.63) is 85.0 Å². The van der Waals surface area contributed by atoms with Crippen molar-refractivity contribution in [1.29, 1.82) is 0 Å². The second-order valence-electron chi connectivity index (χ2n) is 5.42. The van der Waals surface area contributed by atoms with Gasteiger partial charge in [-0.15, -0.1) is 16.8 Å². The number of rotatable bonds is 9. The molecule has 0 fully saturated rings. The number of nitrogens with zero attached hydrogens (tertiary/aromatic N) is 4. The van der Waals surface area contributed by atoms with Gasteiger partial charge in [-0.25, -0.2) is 4.68 Å². The number of allylic oxidation sites excluding steroid dienone is 1. The van der Waals surface area contributed by atoms with Gasteiger partial charge in [0, 0.05) is 5.56 Å². The molecule has 0 bridgehead atoms. The summed E-state index contributed by atoms with van der Waals surface area (Å²) in [7, 11) is 0. The summed E-state index contributed by atoms with van der Waals surface area (Å²) < 4.78 is 13.2. The fourth-order valence-electron chi connectivity index (χ4n) is 2.37. The maximum absolute atomic E-state index is 5.85. The Hall–Kier alpha value is -3.41. The number of para-hydroxylation sites is 2. The average Bonchev–Trinajstić information content (AvgIpc) is 3.19. The molecular weight excluding hydrogens is 328 g/mol. The van der Waals surface area contributed by atoms with Crippen molar-refractivity contribution in [2.24, 2.45) is 5.10 Å². The molecule has 0 radical (unpaired) electrons. The van der Waals surface area contributed by atoms with E-state index in [2.05, 4.69) is 21.9 Å². The molecule has 0 aliphatic heterocycles. The molecule has 1 aromatic heterocycles. The van der Waals surface area contributed by atoms with E-state index in [1.54, 1.807) is 6.21 Å². The largest absolute Gasteiger partial charge is 0.490 e. The Morgan fingerprint density at radius 1 is 0.923 bits per heavy atom. The van der Waals surface area contributed by atoms with Crippen LogP contribution >= 0.6 is 0 Å². The highest BCUT2D eigenvalue weighted by molar-refractivity contribution is 5.83. The molecule has 0 saturated carbocycles. The maximum Gasteiger partial charge on any atom is 0.141 e. The van der Waals surface area contributed by atoms with Crippen molar-refractivity contribution < 1.29 is 9.47 Å². The Morgan fingerprint density at radius 3 is 2.35 bits per heavy atom. The zero-order valence-corrected chi connectivity index (χ0v) is 14.4. The summed E-state index contributed by atoms with van der Waals surface area (Å²) in [6.07, 6.45) is 7.39. The van der Waals surface area contributed by atoms with E-state index in [1.807, 2.05) is 54.6 Å². The van der Waals surface area contributed by atoms with Gasteiger partial charge in [0.25, 0.3) is 0 Å². The summed E-state index contributed by atoms with van der Waals surface area (Å²) in [5.74, 6) is 1.60. The Labute approximate surface area is 152 Å². The Bertz CT molecular complexity index is 860. The number of hydrogen-bond donors (Lipinski definition) is 0. The predicted octanol–water partition coefficient (Wildman–Crippen LogP) is 3.35. The van der Waals surface area contributed by atoms with E-state index in [0.29, 0.717) is 13.2 Å². The molecule has 0 spiro atoms. The first-order chi connectivity index (χ1) is 12.9. The lowest BCUT2D eigenvalue weighted by Crippen LogP contribution is -2.10. The summed E-state index contributed by atoms with van der Waals surface area (Å²) >= 11 is 0. The van der Waals surface area contributed by atoms with E-state index < -0.39 is 0 Å². The van der Waals surface area contributed by atoms with Gasteiger partial charge in [-0.2, -0.15) is 5.10 Å². The molecule has 6 heteroatoms. The lowest BCUT2D eigenvalue weighted by Gasteiger charge is -2.12. The van der Waals surface area contributed by atoms with E-state index in [1.165, 1.54) is 17.3 Å². The summed E-state index contributed by atoms with van der Waals surface area (Å²) in [5.41, 5.74) is 1.98. The molecule has 6 nitrogen and oxygen atoms in total. The minimum atomic E-state index is 0.430. The third-order valence-electron chi connectivity index (χ3n) is 3.59. The normalized spacial score (nSPS) is 10.8. The van der Waals surface area contributed by atoms with E-state index in [-0.39, 0.29) is 0 Å². The first-order valence-electron chi connectivity index (χ1n) is 8.29. The van der Waals surface area contributed by atoms with Crippen molar-refractivity contribution in [2.75, 3.05) is 13.2 Å². The van der Waals surface area contributed by atoms with Gasteiger partial charge in [-0.05, 0) is 30.2 Å². The van der Waals surface area contributed by atoms with Crippen LogP contribution < -0.4 is 9.47 Å². The summed E-state index contributed by atoms with van der Waals surface area (Å²) in [6.45, 7) is 4.66. The topological polar surface area (TPSA) is 61.5 Å². The van der Waals surface area contributed by atoms with Crippen LogP contribution in [0.25, 0.3) is 0 Å². The van der Waals surface area contributed by atoms with Crippen LogP contribution in [0.2, 0.25) is 0 Å². The highest BCUT2D eigenvalue weighted by Crippen LogP contribution is 2.19. The number of ether oxygens (including phenoxy) is 2. The maximum atomic E-state index is 5.85. The van der Waals surface area contributed by atoms with Gasteiger partial charge < -0.3 is 9.47 Å². The smallest absolute Gasteiger partial charge is 0.141 e. The fourth-order valence-corrected chi connectivity index (χ4v) is 2.37. The minimum Gasteiger partial charge on any atom is -0.490 e. The highest BCUT2D eigenvalue weighted by atomic mass is 16.5. The number of hydrogen-bond acceptors (Lipinski definition) is 5. The Kier molecular flexibility index (Phi) is 6.14. The van der Waals surface area contributed by atoms with Crippen LogP contribution in [-0.4, -0.2) is 34.3 Å². The molecular formula is C20H20N4O2. The van der Waals surface area contributed by atoms with Crippen LogP contribution in [0, 0.1) is 0 Å². The summed E-state index contributed by atoms with van der Waals surface area (Å²) in [6, 6.07) is 15.6. The predicted molar refractivity (Wildman–Crippen MR) is 101 cm³/mol. The first-order valence-corrected chi connectivity index (χ1v) is 8.29. The van der Waals surface area contributed by atoms with Gasteiger partial charge >= 0.3 is 0 Å². The zero-order valence-electron chi connectivity index (χ0n) is 14.4. The molecule has 0 N–H and O–H groups in total. The first kappa shape index (κ1) is 17.4. The number of aromatic nitrogens is 3. The number of benzene rings is 2. The molecule has 2 aromatic carbocycles. The van der Waals surface area contributed by atoms with Crippen molar-refractivity contribution >= 4 is 6.21 Å². The Morgan fingerprint density at radius 2 is 1.58 bits per heavy atom. The van der Waals surface area contributed by atoms with Gasteiger partial charge in [0.05, 0.1) is 6.21 Å². The van der Waals surface area contributed by atoms with E-state index in [0.717, 1.165) is 29.0 Å². The van der Waals surface area contributed by atoms with Crippen LogP contribution in [0.1, 0.15) is 11.1 Å². The van der Waals surface area contributed by atoms with E-state index in [9.17, 15) is 0 Å². The zero-order chi connectivity index (χ0) is 18.0. The average molecular weight is 348 g/mol. The molecule has 0 aliphatic carbocycles. The summed E-state index contributed by atoms with van der Waals surface area (Å²) in [5, 5.41) is 11.7. The molecule has 132 valence electrons. The summed E-state index contributed by atoms with van der Waals surface area (Å²) in [4.78, 5) is 0. The molecule has 0 atom stereocenters. The quantitative estimate of drug-likeness (QED) is 0.338. The molecule has 0 saturated heterocycles. The lowest BCUT2D eigenvalue weighted by atomic mass is 10.1. The van der Waals surface area contributed by atoms with Gasteiger partial charge in [0.15, 0.2) is 0 Å². The van der Waals surface area contributed by atoms with E-state index >= 15 is 0 Å². The third-order valence-corrected chi connectivity index (χ3v) is 3.59. The molecule has 3 rings (SSSR count). The molecule has 26 heavy (non-hydrogen) atoms. The van der Waals surface area contributed by atoms with Crippen LogP contribution in [0.3, 0.4) is 0 Å². The molecule has 1 heterocycles. The standard InChI is InChI=1S/C20H20N4O2/c1-2-7-17-8-3-5-10-19(17)25-12-13-26-20-11-6-4-9-18(20)14-23-24-15-21-22-16-24/h2-6,8-11,14-16H,1,7,12-13H2/b23-14-. The second kappa shape index (κ2) is 9.17. The lowest BCUT2D eigenvalue weighted by molar-refractivity contribution is 0.216. The van der Waals surface area contributed by atoms with E-state index in [4.69, 9.17) is 9.47 Å². The second-order valence-corrected chi connectivity index (χ2v) is 5.42. The molecule has 0 aliphatic rings. The van der Waals surface area contributed by atoms with Gasteiger partial charge in [-0.3, -0.25) is 0 Å². The van der Waals surface area contributed by atoms with Crippen molar-refractivity contribution in [1.82, 2.24) is 14.9 Å². The van der Waals surface area contributed by atoms with Gasteiger partial charge in [0.1, 0.15) is 37.4 Å². The fraction of sp³-hybridized carbons (Fsp3) is 0.150.